The molecule has 0 radical (unpaired) electrons. The molecule has 146 valence electrons. The van der Waals surface area contributed by atoms with Crippen LogP contribution in [0.4, 0.5) is 0 Å². The van der Waals surface area contributed by atoms with Crippen LogP contribution in [-0.4, -0.2) is 37.3 Å². The van der Waals surface area contributed by atoms with Gasteiger partial charge < -0.3 is 18.8 Å². The highest BCUT2D eigenvalue weighted by Crippen LogP contribution is 2.28. The Balaban J connectivity index is 2.20. The summed E-state index contributed by atoms with van der Waals surface area (Å²) in [5.41, 5.74) is 1.04. The van der Waals surface area contributed by atoms with Crippen LogP contribution in [0.15, 0.2) is 47.5 Å². The van der Waals surface area contributed by atoms with E-state index in [-0.39, 0.29) is 6.54 Å². The van der Waals surface area contributed by atoms with E-state index in [2.05, 4.69) is 4.99 Å². The zero-order valence-electron chi connectivity index (χ0n) is 15.8. The molecule has 8 heteroatoms. The number of benzene rings is 2. The number of amides is 1. The van der Waals surface area contributed by atoms with Crippen LogP contribution in [-0.2, 0) is 16.1 Å². The van der Waals surface area contributed by atoms with E-state index < -0.39 is 11.9 Å². The van der Waals surface area contributed by atoms with Gasteiger partial charge in [-0.25, -0.2) is 0 Å². The third-order valence-corrected chi connectivity index (χ3v) is 5.06. The minimum Gasteiger partial charge on any atom is -0.496 e. The molecule has 0 bridgehead atoms. The first kappa shape index (κ1) is 19.6. The van der Waals surface area contributed by atoms with Gasteiger partial charge in [-0.15, -0.1) is 0 Å². The van der Waals surface area contributed by atoms with Crippen molar-refractivity contribution in [1.29, 1.82) is 0 Å². The van der Waals surface area contributed by atoms with Crippen LogP contribution < -0.4 is 14.3 Å². The van der Waals surface area contributed by atoms with E-state index in [0.717, 1.165) is 4.70 Å². The minimum atomic E-state index is -0.458. The molecule has 0 unspecified atom stereocenters. The molecule has 28 heavy (non-hydrogen) atoms. The second kappa shape index (κ2) is 8.71. The Bertz CT molecular complexity index is 1080. The molecule has 1 amide bonds. The largest absolute Gasteiger partial charge is 0.496 e. The highest BCUT2D eigenvalue weighted by molar-refractivity contribution is 7.16. The van der Waals surface area contributed by atoms with Crippen molar-refractivity contribution in [2.75, 3.05) is 20.8 Å². The number of carbonyl (C=O) groups excluding carboxylic acids is 2. The van der Waals surface area contributed by atoms with Crippen LogP contribution >= 0.6 is 11.3 Å². The summed E-state index contributed by atoms with van der Waals surface area (Å²) in [6.07, 6.45) is 0. The third kappa shape index (κ3) is 3.91. The standard InChI is InChI=1S/C20H20N2O5S/c1-4-27-15-10-7-11-16-18(15)22(12-17(23)26-3)20(28-16)21-19(24)13-8-5-6-9-14(13)25-2/h5-11H,4,12H2,1-3H3. The van der Waals surface area contributed by atoms with Crippen molar-refractivity contribution in [3.8, 4) is 11.5 Å². The van der Waals surface area contributed by atoms with Crippen LogP contribution in [0.5, 0.6) is 11.5 Å². The van der Waals surface area contributed by atoms with Crippen LogP contribution in [0, 0.1) is 0 Å². The molecule has 3 aromatic rings. The summed E-state index contributed by atoms with van der Waals surface area (Å²) in [6, 6.07) is 12.4. The molecule has 1 heterocycles. The number of nitrogens with zero attached hydrogens (tertiary/aromatic N) is 2. The lowest BCUT2D eigenvalue weighted by molar-refractivity contribution is -0.141. The molecule has 0 aliphatic heterocycles. The SMILES string of the molecule is CCOc1cccc2sc(=NC(=O)c3ccccc3OC)n(CC(=O)OC)c12. The number of hydrogen-bond donors (Lipinski definition) is 0. The Morgan fingerprint density at radius 3 is 2.54 bits per heavy atom. The zero-order chi connectivity index (χ0) is 20.1. The summed E-state index contributed by atoms with van der Waals surface area (Å²) in [5, 5.41) is 0. The predicted molar refractivity (Wildman–Crippen MR) is 106 cm³/mol. The van der Waals surface area contributed by atoms with Gasteiger partial charge in [-0.05, 0) is 31.2 Å². The van der Waals surface area contributed by atoms with Gasteiger partial charge in [0.2, 0.25) is 0 Å². The molecule has 2 aromatic carbocycles. The molecule has 0 saturated carbocycles. The fourth-order valence-electron chi connectivity index (χ4n) is 2.76. The van der Waals surface area contributed by atoms with Crippen molar-refractivity contribution < 1.29 is 23.8 Å². The van der Waals surface area contributed by atoms with Crippen molar-refractivity contribution in [3.63, 3.8) is 0 Å². The molecular formula is C20H20N2O5S. The normalized spacial score (nSPS) is 11.5. The average Bonchev–Trinajstić information content (AvgIpc) is 3.05. The van der Waals surface area contributed by atoms with Gasteiger partial charge in [0.15, 0.2) is 4.80 Å². The summed E-state index contributed by atoms with van der Waals surface area (Å²) < 4.78 is 18.3. The van der Waals surface area contributed by atoms with E-state index in [1.54, 1.807) is 28.8 Å². The van der Waals surface area contributed by atoms with Gasteiger partial charge in [-0.3, -0.25) is 9.59 Å². The van der Waals surface area contributed by atoms with E-state index in [9.17, 15) is 9.59 Å². The number of carbonyl (C=O) groups is 2. The Hall–Kier alpha value is -3.13. The minimum absolute atomic E-state index is 0.0847. The molecule has 0 atom stereocenters. The lowest BCUT2D eigenvalue weighted by atomic mass is 10.2. The zero-order valence-corrected chi connectivity index (χ0v) is 16.6. The van der Waals surface area contributed by atoms with E-state index in [0.29, 0.717) is 34.0 Å². The molecule has 0 fully saturated rings. The molecule has 1 aromatic heterocycles. The van der Waals surface area contributed by atoms with E-state index >= 15 is 0 Å². The summed E-state index contributed by atoms with van der Waals surface area (Å²) in [6.45, 7) is 2.27. The maximum Gasteiger partial charge on any atom is 0.325 e. The maximum absolute atomic E-state index is 12.8. The second-order valence-electron chi connectivity index (χ2n) is 5.70. The monoisotopic (exact) mass is 400 g/mol. The van der Waals surface area contributed by atoms with Gasteiger partial charge >= 0.3 is 5.97 Å². The third-order valence-electron chi connectivity index (χ3n) is 4.01. The Kier molecular flexibility index (Phi) is 6.10. The maximum atomic E-state index is 12.8. The smallest absolute Gasteiger partial charge is 0.325 e. The number of ether oxygens (including phenoxy) is 3. The fraction of sp³-hybridized carbons (Fsp3) is 0.250. The molecule has 0 aliphatic carbocycles. The molecule has 3 rings (SSSR count). The van der Waals surface area contributed by atoms with Gasteiger partial charge in [0.25, 0.3) is 5.91 Å². The second-order valence-corrected chi connectivity index (χ2v) is 6.71. The van der Waals surface area contributed by atoms with E-state index in [1.807, 2.05) is 25.1 Å². The first-order valence-electron chi connectivity index (χ1n) is 8.63. The van der Waals surface area contributed by atoms with Crippen molar-refractivity contribution in [1.82, 2.24) is 4.57 Å². The lowest BCUT2D eigenvalue weighted by Gasteiger charge is -2.09. The number of esters is 1. The van der Waals surface area contributed by atoms with Gasteiger partial charge in [0.1, 0.15) is 23.6 Å². The van der Waals surface area contributed by atoms with E-state index in [1.165, 1.54) is 25.6 Å². The number of rotatable bonds is 6. The number of hydrogen-bond acceptors (Lipinski definition) is 6. The number of aromatic nitrogens is 1. The Morgan fingerprint density at radius 1 is 1.07 bits per heavy atom. The molecule has 0 N–H and O–H groups in total. The average molecular weight is 400 g/mol. The lowest BCUT2D eigenvalue weighted by Crippen LogP contribution is -2.22. The van der Waals surface area contributed by atoms with Gasteiger partial charge in [0.05, 0.1) is 31.1 Å². The first-order chi connectivity index (χ1) is 13.6. The summed E-state index contributed by atoms with van der Waals surface area (Å²) in [5.74, 6) is 0.149. The van der Waals surface area contributed by atoms with Crippen molar-refractivity contribution >= 4 is 33.4 Å². The van der Waals surface area contributed by atoms with Crippen molar-refractivity contribution in [3.05, 3.63) is 52.8 Å². The summed E-state index contributed by atoms with van der Waals surface area (Å²) in [4.78, 5) is 29.4. The van der Waals surface area contributed by atoms with Crippen LogP contribution in [0.1, 0.15) is 17.3 Å². The highest BCUT2D eigenvalue weighted by Gasteiger charge is 2.17. The Labute approximate surface area is 165 Å². The first-order valence-corrected chi connectivity index (χ1v) is 9.44. The topological polar surface area (TPSA) is 79.1 Å². The number of thiazole rings is 1. The molecular weight excluding hydrogens is 380 g/mol. The summed E-state index contributed by atoms with van der Waals surface area (Å²) >= 11 is 1.30. The highest BCUT2D eigenvalue weighted by atomic mass is 32.1. The quantitative estimate of drug-likeness (QED) is 0.594. The fourth-order valence-corrected chi connectivity index (χ4v) is 3.81. The van der Waals surface area contributed by atoms with Crippen LogP contribution in [0.2, 0.25) is 0 Å². The molecule has 7 nitrogen and oxygen atoms in total. The van der Waals surface area contributed by atoms with Crippen LogP contribution in [0.3, 0.4) is 0 Å². The molecule has 0 saturated heterocycles. The number of methoxy groups -OCH3 is 2. The molecule has 0 spiro atoms. The van der Waals surface area contributed by atoms with E-state index in [4.69, 9.17) is 14.2 Å². The van der Waals surface area contributed by atoms with Crippen molar-refractivity contribution in [2.45, 2.75) is 13.5 Å². The van der Waals surface area contributed by atoms with Gasteiger partial charge in [0, 0.05) is 0 Å². The van der Waals surface area contributed by atoms with Gasteiger partial charge in [-0.1, -0.05) is 29.5 Å². The number of fused-ring (bicyclic) bond motifs is 1. The van der Waals surface area contributed by atoms with Crippen molar-refractivity contribution in [2.24, 2.45) is 4.99 Å². The summed E-state index contributed by atoms with van der Waals surface area (Å²) in [7, 11) is 2.81. The van der Waals surface area contributed by atoms with Crippen LogP contribution in [0.25, 0.3) is 10.2 Å². The predicted octanol–water partition coefficient (Wildman–Crippen LogP) is 3.02. The number of para-hydroxylation sites is 2. The Morgan fingerprint density at radius 2 is 1.82 bits per heavy atom. The molecule has 0 aliphatic rings. The van der Waals surface area contributed by atoms with Gasteiger partial charge in [-0.2, -0.15) is 4.99 Å².